The molecule has 0 aromatic heterocycles. The molecule has 0 spiro atoms. The van der Waals surface area contributed by atoms with Crippen molar-refractivity contribution >= 4 is 0 Å². The molecule has 0 aliphatic carbocycles. The topological polar surface area (TPSA) is 23.8 Å². The molecule has 0 heterocycles. The standard InChI is InChI=1S/C12H22N/c1-2-3-4-5-6-7-8-9-10-11-12-13/h1-11H2. The molecule has 0 N–H and O–H groups in total. The lowest BCUT2D eigenvalue weighted by molar-refractivity contribution is 0.572. The molecule has 0 bridgehead atoms. The maximum Gasteiger partial charge on any atom is 0.0621 e. The Kier molecular flexibility index (Phi) is 11.0. The van der Waals surface area contributed by atoms with E-state index in [2.05, 4.69) is 13.0 Å². The van der Waals surface area contributed by atoms with Gasteiger partial charge in [0.25, 0.3) is 0 Å². The van der Waals surface area contributed by atoms with Gasteiger partial charge >= 0.3 is 0 Å². The lowest BCUT2D eigenvalue weighted by Crippen LogP contribution is -1.80. The minimum atomic E-state index is 0.738. The summed E-state index contributed by atoms with van der Waals surface area (Å²) in [5, 5.41) is 8.31. The Bertz CT molecular complexity index is 124. The number of hydrogen-bond acceptors (Lipinski definition) is 1. The molecule has 0 aromatic carbocycles. The van der Waals surface area contributed by atoms with E-state index < -0.39 is 0 Å². The first-order valence-electron chi connectivity index (χ1n) is 5.58. The van der Waals surface area contributed by atoms with Gasteiger partial charge in [0.1, 0.15) is 0 Å². The molecule has 1 heteroatoms. The first-order chi connectivity index (χ1) is 6.41. The van der Waals surface area contributed by atoms with E-state index in [0.717, 1.165) is 19.3 Å². The fourth-order valence-electron chi connectivity index (χ4n) is 1.44. The molecule has 0 unspecified atom stereocenters. The van der Waals surface area contributed by atoms with Gasteiger partial charge in [0.15, 0.2) is 0 Å². The lowest BCUT2D eigenvalue weighted by Gasteiger charge is -1.99. The van der Waals surface area contributed by atoms with E-state index in [4.69, 9.17) is 5.26 Å². The van der Waals surface area contributed by atoms with E-state index >= 15 is 0 Å². The summed E-state index contributed by atoms with van der Waals surface area (Å²) in [6.07, 6.45) is 12.2. The monoisotopic (exact) mass is 180 g/mol. The third-order valence-electron chi connectivity index (χ3n) is 2.29. The van der Waals surface area contributed by atoms with Crippen molar-refractivity contribution in [2.24, 2.45) is 0 Å². The zero-order chi connectivity index (χ0) is 9.78. The van der Waals surface area contributed by atoms with Crippen LogP contribution < -0.4 is 0 Å². The van der Waals surface area contributed by atoms with Crippen LogP contribution in [0.4, 0.5) is 0 Å². The van der Waals surface area contributed by atoms with Crippen molar-refractivity contribution < 1.29 is 0 Å². The minimum Gasteiger partial charge on any atom is -0.198 e. The maximum atomic E-state index is 8.31. The van der Waals surface area contributed by atoms with E-state index in [1.165, 1.54) is 44.9 Å². The number of nitrogens with zero attached hydrogens (tertiary/aromatic N) is 1. The molecule has 0 atom stereocenters. The van der Waals surface area contributed by atoms with E-state index in [9.17, 15) is 0 Å². The van der Waals surface area contributed by atoms with Crippen molar-refractivity contribution in [1.29, 1.82) is 5.26 Å². The molecule has 0 rings (SSSR count). The Hall–Kier alpha value is -0.510. The van der Waals surface area contributed by atoms with Crippen molar-refractivity contribution in [1.82, 2.24) is 0 Å². The Balaban J connectivity index is 2.80. The normalized spacial score (nSPS) is 9.85. The quantitative estimate of drug-likeness (QED) is 0.487. The van der Waals surface area contributed by atoms with Gasteiger partial charge in [-0.25, -0.2) is 0 Å². The SMILES string of the molecule is [CH2]CCCCCCCCCCC#N. The predicted octanol–water partition coefficient (Wildman–Crippen LogP) is 4.25. The summed E-state index contributed by atoms with van der Waals surface area (Å²) in [7, 11) is 0. The van der Waals surface area contributed by atoms with Crippen molar-refractivity contribution in [3.8, 4) is 6.07 Å². The molecule has 13 heavy (non-hydrogen) atoms. The average molecular weight is 180 g/mol. The summed E-state index contributed by atoms with van der Waals surface area (Å²) < 4.78 is 0. The highest BCUT2D eigenvalue weighted by molar-refractivity contribution is 4.67. The zero-order valence-corrected chi connectivity index (χ0v) is 8.73. The van der Waals surface area contributed by atoms with Crippen molar-refractivity contribution in [3.05, 3.63) is 6.92 Å². The molecule has 0 saturated carbocycles. The first-order valence-corrected chi connectivity index (χ1v) is 5.58. The third kappa shape index (κ3) is 11.5. The highest BCUT2D eigenvalue weighted by Gasteiger charge is 1.91. The maximum absolute atomic E-state index is 8.31. The number of unbranched alkanes of at least 4 members (excludes halogenated alkanes) is 9. The molecular weight excluding hydrogens is 158 g/mol. The van der Waals surface area contributed by atoms with Gasteiger partial charge in [-0.15, -0.1) is 0 Å². The van der Waals surface area contributed by atoms with E-state index in [0.29, 0.717) is 0 Å². The van der Waals surface area contributed by atoms with Crippen LogP contribution in [0.5, 0.6) is 0 Å². The highest BCUT2D eigenvalue weighted by atomic mass is 14.2. The molecule has 0 aliphatic rings. The van der Waals surface area contributed by atoms with Crippen LogP contribution >= 0.6 is 0 Å². The second-order valence-corrected chi connectivity index (χ2v) is 3.59. The molecule has 1 radical (unpaired) electrons. The first kappa shape index (κ1) is 12.5. The smallest absolute Gasteiger partial charge is 0.0621 e. The van der Waals surface area contributed by atoms with Gasteiger partial charge in [-0.05, 0) is 6.42 Å². The summed E-state index contributed by atoms with van der Waals surface area (Å²) in [6, 6.07) is 2.18. The molecule has 1 nitrogen and oxygen atoms in total. The largest absolute Gasteiger partial charge is 0.198 e. The van der Waals surface area contributed by atoms with Crippen LogP contribution in [0.25, 0.3) is 0 Å². The summed E-state index contributed by atoms with van der Waals surface area (Å²) in [5.41, 5.74) is 0. The highest BCUT2D eigenvalue weighted by Crippen LogP contribution is 2.09. The summed E-state index contributed by atoms with van der Waals surface area (Å²) in [5.74, 6) is 0. The van der Waals surface area contributed by atoms with E-state index in [1.54, 1.807) is 0 Å². The fourth-order valence-corrected chi connectivity index (χ4v) is 1.44. The van der Waals surface area contributed by atoms with Crippen molar-refractivity contribution in [3.63, 3.8) is 0 Å². The second kappa shape index (κ2) is 11.5. The van der Waals surface area contributed by atoms with Crippen LogP contribution in [0.15, 0.2) is 0 Å². The van der Waals surface area contributed by atoms with Gasteiger partial charge in [-0.2, -0.15) is 5.26 Å². The fraction of sp³-hybridized carbons (Fsp3) is 0.833. The predicted molar refractivity (Wildman–Crippen MR) is 57.1 cm³/mol. The zero-order valence-electron chi connectivity index (χ0n) is 8.73. The number of nitriles is 1. The second-order valence-electron chi connectivity index (χ2n) is 3.59. The summed E-state index contributed by atoms with van der Waals surface area (Å²) in [4.78, 5) is 0. The summed E-state index contributed by atoms with van der Waals surface area (Å²) in [6.45, 7) is 3.82. The Morgan fingerprint density at radius 1 is 0.769 bits per heavy atom. The molecular formula is C12H22N. The molecule has 0 saturated heterocycles. The Morgan fingerprint density at radius 3 is 1.69 bits per heavy atom. The van der Waals surface area contributed by atoms with Gasteiger partial charge in [0.05, 0.1) is 6.07 Å². The van der Waals surface area contributed by atoms with Crippen LogP contribution in [-0.4, -0.2) is 0 Å². The molecule has 0 fully saturated rings. The minimum absolute atomic E-state index is 0.738. The van der Waals surface area contributed by atoms with Crippen LogP contribution in [0, 0.1) is 18.3 Å². The number of hydrogen-bond donors (Lipinski definition) is 0. The van der Waals surface area contributed by atoms with E-state index in [-0.39, 0.29) is 0 Å². The molecule has 0 amide bonds. The van der Waals surface area contributed by atoms with Gasteiger partial charge in [0.2, 0.25) is 0 Å². The summed E-state index contributed by atoms with van der Waals surface area (Å²) >= 11 is 0. The average Bonchev–Trinajstić information content (AvgIpc) is 2.16. The van der Waals surface area contributed by atoms with E-state index in [1.807, 2.05) is 0 Å². The van der Waals surface area contributed by atoms with Crippen LogP contribution in [0.3, 0.4) is 0 Å². The van der Waals surface area contributed by atoms with Crippen LogP contribution in [-0.2, 0) is 0 Å². The van der Waals surface area contributed by atoms with Gasteiger partial charge in [-0.3, -0.25) is 0 Å². The molecule has 0 aliphatic heterocycles. The van der Waals surface area contributed by atoms with Gasteiger partial charge in [0, 0.05) is 6.42 Å². The van der Waals surface area contributed by atoms with Crippen molar-refractivity contribution in [2.45, 2.75) is 64.2 Å². The third-order valence-corrected chi connectivity index (χ3v) is 2.29. The van der Waals surface area contributed by atoms with Gasteiger partial charge in [-0.1, -0.05) is 58.3 Å². The van der Waals surface area contributed by atoms with Crippen LogP contribution in [0.2, 0.25) is 0 Å². The van der Waals surface area contributed by atoms with Crippen LogP contribution in [0.1, 0.15) is 64.2 Å². The Labute approximate surface area is 83.1 Å². The van der Waals surface area contributed by atoms with Crippen molar-refractivity contribution in [2.75, 3.05) is 0 Å². The number of rotatable bonds is 9. The molecule has 75 valence electrons. The van der Waals surface area contributed by atoms with Gasteiger partial charge < -0.3 is 0 Å². The Morgan fingerprint density at radius 2 is 1.23 bits per heavy atom. The molecule has 0 aromatic rings. The lowest BCUT2D eigenvalue weighted by atomic mass is 10.1.